The largest absolute Gasteiger partial charge is 0.573 e. The molecule has 0 spiro atoms. The quantitative estimate of drug-likeness (QED) is 0.838. The minimum absolute atomic E-state index is 0.135. The summed E-state index contributed by atoms with van der Waals surface area (Å²) in [5.74, 6) is -2.52. The van der Waals surface area contributed by atoms with Crippen molar-refractivity contribution in [3.63, 3.8) is 0 Å². The van der Waals surface area contributed by atoms with Crippen molar-refractivity contribution in [3.8, 4) is 5.75 Å². The van der Waals surface area contributed by atoms with Crippen LogP contribution in [0.5, 0.6) is 5.75 Å². The van der Waals surface area contributed by atoms with Gasteiger partial charge < -0.3 is 9.84 Å². The Kier molecular flexibility index (Phi) is 3.93. The number of aryl methyl sites for hydroxylation is 1. The highest BCUT2D eigenvalue weighted by atomic mass is 19.4. The SMILES string of the molecule is O=C(O)CCc1cc(F)ccc1OC(F)(F)F. The van der Waals surface area contributed by atoms with Gasteiger partial charge in [0.25, 0.3) is 0 Å². The molecule has 0 saturated heterocycles. The normalized spacial score (nSPS) is 11.3. The number of aliphatic carboxylic acids is 1. The van der Waals surface area contributed by atoms with E-state index in [1.165, 1.54) is 0 Å². The van der Waals surface area contributed by atoms with Gasteiger partial charge in [0.2, 0.25) is 0 Å². The lowest BCUT2D eigenvalue weighted by molar-refractivity contribution is -0.274. The molecule has 7 heteroatoms. The van der Waals surface area contributed by atoms with Crippen molar-refractivity contribution in [2.75, 3.05) is 0 Å². The fraction of sp³-hybridized carbons (Fsp3) is 0.300. The van der Waals surface area contributed by atoms with Crippen LogP contribution < -0.4 is 4.74 Å². The summed E-state index contributed by atoms with van der Waals surface area (Å²) in [5, 5.41) is 8.41. The monoisotopic (exact) mass is 252 g/mol. The van der Waals surface area contributed by atoms with Crippen LogP contribution in [0.1, 0.15) is 12.0 Å². The van der Waals surface area contributed by atoms with Crippen LogP contribution in [0, 0.1) is 5.82 Å². The molecule has 1 aromatic carbocycles. The summed E-state index contributed by atoms with van der Waals surface area (Å²) in [6.45, 7) is 0. The second-order valence-corrected chi connectivity index (χ2v) is 3.19. The van der Waals surface area contributed by atoms with E-state index in [0.717, 1.165) is 18.2 Å². The smallest absolute Gasteiger partial charge is 0.481 e. The van der Waals surface area contributed by atoms with E-state index in [9.17, 15) is 22.4 Å². The maximum atomic E-state index is 12.8. The highest BCUT2D eigenvalue weighted by molar-refractivity contribution is 5.67. The average Bonchev–Trinajstić information content (AvgIpc) is 2.16. The molecule has 0 bridgehead atoms. The topological polar surface area (TPSA) is 46.5 Å². The third-order valence-electron chi connectivity index (χ3n) is 1.86. The molecule has 94 valence electrons. The van der Waals surface area contributed by atoms with Crippen LogP contribution in [0.2, 0.25) is 0 Å². The van der Waals surface area contributed by atoms with E-state index in [1.807, 2.05) is 0 Å². The minimum Gasteiger partial charge on any atom is -0.481 e. The fourth-order valence-corrected chi connectivity index (χ4v) is 1.21. The molecule has 0 heterocycles. The third-order valence-corrected chi connectivity index (χ3v) is 1.86. The first-order valence-electron chi connectivity index (χ1n) is 4.54. The molecule has 0 aliphatic rings. The summed E-state index contributed by atoms with van der Waals surface area (Å²) in [7, 11) is 0. The van der Waals surface area contributed by atoms with E-state index in [1.54, 1.807) is 0 Å². The fourth-order valence-electron chi connectivity index (χ4n) is 1.21. The molecule has 3 nitrogen and oxygen atoms in total. The predicted molar refractivity (Wildman–Crippen MR) is 49.0 cm³/mol. The third kappa shape index (κ3) is 4.71. The summed E-state index contributed by atoms with van der Waals surface area (Å²) in [4.78, 5) is 10.3. The van der Waals surface area contributed by atoms with Crippen LogP contribution in [-0.2, 0) is 11.2 Å². The standard InChI is InChI=1S/C10H8F4O3/c11-7-2-3-8(17-10(12,13)14)6(5-7)1-4-9(15)16/h2-3,5H,1,4H2,(H,15,16). The Morgan fingerprint density at radius 3 is 2.53 bits per heavy atom. The number of ether oxygens (including phenoxy) is 1. The second kappa shape index (κ2) is 5.03. The Morgan fingerprint density at radius 2 is 2.00 bits per heavy atom. The van der Waals surface area contributed by atoms with Gasteiger partial charge in [0.1, 0.15) is 11.6 Å². The number of hydrogen-bond acceptors (Lipinski definition) is 2. The van der Waals surface area contributed by atoms with Crippen LogP contribution in [0.3, 0.4) is 0 Å². The molecule has 0 radical (unpaired) electrons. The van der Waals surface area contributed by atoms with Crippen LogP contribution in [-0.4, -0.2) is 17.4 Å². The predicted octanol–water partition coefficient (Wildman–Crippen LogP) is 2.74. The lowest BCUT2D eigenvalue weighted by Gasteiger charge is -2.12. The van der Waals surface area contributed by atoms with Gasteiger partial charge in [-0.05, 0) is 30.2 Å². The van der Waals surface area contributed by atoms with E-state index in [-0.39, 0.29) is 12.0 Å². The molecule has 1 rings (SSSR count). The van der Waals surface area contributed by atoms with Crippen LogP contribution in [0.4, 0.5) is 17.6 Å². The number of benzene rings is 1. The molecule has 0 unspecified atom stereocenters. The summed E-state index contributed by atoms with van der Waals surface area (Å²) in [5.41, 5.74) is -0.135. The van der Waals surface area contributed by atoms with Gasteiger partial charge in [0, 0.05) is 6.42 Å². The number of hydrogen-bond donors (Lipinski definition) is 1. The molecule has 0 amide bonds. The zero-order valence-electron chi connectivity index (χ0n) is 8.42. The van der Waals surface area contributed by atoms with E-state index in [0.29, 0.717) is 0 Å². The van der Waals surface area contributed by atoms with Crippen molar-refractivity contribution in [2.24, 2.45) is 0 Å². The van der Waals surface area contributed by atoms with Gasteiger partial charge in [0.05, 0.1) is 0 Å². The van der Waals surface area contributed by atoms with Gasteiger partial charge in [-0.2, -0.15) is 0 Å². The van der Waals surface area contributed by atoms with Crippen molar-refractivity contribution in [3.05, 3.63) is 29.6 Å². The van der Waals surface area contributed by atoms with Crippen molar-refractivity contribution in [2.45, 2.75) is 19.2 Å². The number of rotatable bonds is 4. The van der Waals surface area contributed by atoms with Gasteiger partial charge in [-0.15, -0.1) is 13.2 Å². The Balaban J connectivity index is 2.91. The van der Waals surface area contributed by atoms with E-state index < -0.39 is 30.3 Å². The molecule has 0 saturated carbocycles. The molecular formula is C10H8F4O3. The maximum Gasteiger partial charge on any atom is 0.573 e. The Morgan fingerprint density at radius 1 is 1.35 bits per heavy atom. The number of alkyl halides is 3. The molecule has 17 heavy (non-hydrogen) atoms. The summed E-state index contributed by atoms with van der Waals surface area (Å²) >= 11 is 0. The summed E-state index contributed by atoms with van der Waals surface area (Å²) < 4.78 is 52.4. The first-order chi connectivity index (χ1) is 7.78. The van der Waals surface area contributed by atoms with Gasteiger partial charge in [-0.3, -0.25) is 4.79 Å². The van der Waals surface area contributed by atoms with Crippen LogP contribution in [0.15, 0.2) is 18.2 Å². The Hall–Kier alpha value is -1.79. The van der Waals surface area contributed by atoms with Crippen molar-refractivity contribution < 1.29 is 32.2 Å². The molecule has 1 N–H and O–H groups in total. The van der Waals surface area contributed by atoms with Gasteiger partial charge in [-0.1, -0.05) is 0 Å². The molecule has 0 aliphatic heterocycles. The zero-order chi connectivity index (χ0) is 13.1. The number of carboxylic acid groups (broad SMARTS) is 1. The molecule has 0 aromatic heterocycles. The van der Waals surface area contributed by atoms with Gasteiger partial charge >= 0.3 is 12.3 Å². The van der Waals surface area contributed by atoms with Gasteiger partial charge in [-0.25, -0.2) is 4.39 Å². The molecule has 0 aliphatic carbocycles. The average molecular weight is 252 g/mol. The second-order valence-electron chi connectivity index (χ2n) is 3.19. The summed E-state index contributed by atoms with van der Waals surface area (Å²) in [6, 6.07) is 2.45. The lowest BCUT2D eigenvalue weighted by Crippen LogP contribution is -2.18. The van der Waals surface area contributed by atoms with E-state index in [2.05, 4.69) is 4.74 Å². The highest BCUT2D eigenvalue weighted by Gasteiger charge is 2.32. The Bertz CT molecular complexity index is 415. The number of carbonyl (C=O) groups is 1. The maximum absolute atomic E-state index is 12.8. The summed E-state index contributed by atoms with van der Waals surface area (Å²) in [6.07, 6.45) is -5.54. The van der Waals surface area contributed by atoms with E-state index in [4.69, 9.17) is 5.11 Å². The Labute approximate surface area is 93.6 Å². The van der Waals surface area contributed by atoms with Crippen molar-refractivity contribution in [1.29, 1.82) is 0 Å². The molecule has 1 aromatic rings. The molecule has 0 fully saturated rings. The lowest BCUT2D eigenvalue weighted by atomic mass is 10.1. The van der Waals surface area contributed by atoms with Crippen molar-refractivity contribution in [1.82, 2.24) is 0 Å². The first kappa shape index (κ1) is 13.3. The van der Waals surface area contributed by atoms with E-state index >= 15 is 0 Å². The molecule has 0 atom stereocenters. The molecular weight excluding hydrogens is 244 g/mol. The zero-order valence-corrected chi connectivity index (χ0v) is 8.42. The van der Waals surface area contributed by atoms with Crippen molar-refractivity contribution >= 4 is 5.97 Å². The van der Waals surface area contributed by atoms with Crippen LogP contribution >= 0.6 is 0 Å². The van der Waals surface area contributed by atoms with Gasteiger partial charge in [0.15, 0.2) is 0 Å². The van der Waals surface area contributed by atoms with Crippen LogP contribution in [0.25, 0.3) is 0 Å². The minimum atomic E-state index is -4.89. The highest BCUT2D eigenvalue weighted by Crippen LogP contribution is 2.27. The first-order valence-corrected chi connectivity index (χ1v) is 4.54. The number of halogens is 4. The number of carboxylic acids is 1.